The summed E-state index contributed by atoms with van der Waals surface area (Å²) in [5.41, 5.74) is 5.13. The number of carbonyl (C=O) groups excluding carboxylic acids is 1. The molecule has 3 rings (SSSR count). The van der Waals surface area contributed by atoms with Gasteiger partial charge in [0, 0.05) is 17.4 Å². The molecule has 4 N–H and O–H groups in total. The van der Waals surface area contributed by atoms with Crippen molar-refractivity contribution in [3.8, 4) is 11.6 Å². The third-order valence-electron chi connectivity index (χ3n) is 3.45. The quantitative estimate of drug-likeness (QED) is 0.609. The first-order valence-electron chi connectivity index (χ1n) is 7.90. The van der Waals surface area contributed by atoms with Crippen molar-refractivity contribution < 1.29 is 22.7 Å². The Kier molecular flexibility index (Phi) is 5.30. The second-order valence-electron chi connectivity index (χ2n) is 5.57. The number of benzene rings is 2. The Morgan fingerprint density at radius 1 is 0.964 bits per heavy atom. The molecule has 0 aliphatic heterocycles. The van der Waals surface area contributed by atoms with Gasteiger partial charge in [-0.1, -0.05) is 6.07 Å². The van der Waals surface area contributed by atoms with Crippen LogP contribution in [0.25, 0.3) is 0 Å². The molecule has 0 bridgehead atoms. The molecule has 0 aliphatic rings. The summed E-state index contributed by atoms with van der Waals surface area (Å²) in [5, 5.41) is 4.87. The van der Waals surface area contributed by atoms with Gasteiger partial charge in [0.1, 0.15) is 17.9 Å². The SMILES string of the molecule is Nc1cc(Oc2ccc(NC(=O)Nc3cccc(C(F)(F)F)c3)cc2)ncn1. The third kappa shape index (κ3) is 5.10. The van der Waals surface area contributed by atoms with Crippen LogP contribution < -0.4 is 21.1 Å². The van der Waals surface area contributed by atoms with Crippen LogP contribution in [0.4, 0.5) is 35.2 Å². The van der Waals surface area contributed by atoms with Crippen LogP contribution in [0, 0.1) is 0 Å². The predicted molar refractivity (Wildman–Crippen MR) is 97.0 cm³/mol. The largest absolute Gasteiger partial charge is 0.439 e. The van der Waals surface area contributed by atoms with Crippen LogP contribution in [0.15, 0.2) is 60.9 Å². The monoisotopic (exact) mass is 389 g/mol. The molecule has 0 fully saturated rings. The van der Waals surface area contributed by atoms with Crippen LogP contribution in [0.3, 0.4) is 0 Å². The van der Waals surface area contributed by atoms with E-state index in [4.69, 9.17) is 10.5 Å². The van der Waals surface area contributed by atoms with Crippen molar-refractivity contribution in [2.45, 2.75) is 6.18 Å². The zero-order valence-corrected chi connectivity index (χ0v) is 14.2. The lowest BCUT2D eigenvalue weighted by Crippen LogP contribution is -2.19. The topological polar surface area (TPSA) is 102 Å². The zero-order chi connectivity index (χ0) is 20.1. The molecule has 2 amide bonds. The van der Waals surface area contributed by atoms with Crippen molar-refractivity contribution in [2.75, 3.05) is 16.4 Å². The molecule has 1 heterocycles. The number of nitrogens with two attached hydrogens (primary N) is 1. The number of anilines is 3. The number of nitrogens with zero attached hydrogens (tertiary/aromatic N) is 2. The van der Waals surface area contributed by atoms with Crippen LogP contribution in [-0.4, -0.2) is 16.0 Å². The maximum Gasteiger partial charge on any atom is 0.416 e. The molecule has 1 aromatic heterocycles. The number of aromatic nitrogens is 2. The average Bonchev–Trinajstić information content (AvgIpc) is 2.63. The summed E-state index contributed by atoms with van der Waals surface area (Å²) < 4.78 is 43.6. The van der Waals surface area contributed by atoms with Crippen LogP contribution in [-0.2, 0) is 6.18 Å². The van der Waals surface area contributed by atoms with Gasteiger partial charge in [0.2, 0.25) is 5.88 Å². The average molecular weight is 389 g/mol. The summed E-state index contributed by atoms with van der Waals surface area (Å²) in [5.74, 6) is 0.965. The minimum atomic E-state index is -4.49. The first-order valence-corrected chi connectivity index (χ1v) is 7.90. The molecule has 10 heteroatoms. The van der Waals surface area contributed by atoms with Gasteiger partial charge in [-0.05, 0) is 42.5 Å². The minimum absolute atomic E-state index is 0.0219. The highest BCUT2D eigenvalue weighted by molar-refractivity contribution is 5.99. The number of hydrogen-bond donors (Lipinski definition) is 3. The van der Waals surface area contributed by atoms with E-state index in [0.717, 1.165) is 12.1 Å². The van der Waals surface area contributed by atoms with Crippen molar-refractivity contribution in [3.63, 3.8) is 0 Å². The summed E-state index contributed by atoms with van der Waals surface area (Å²) in [6, 6.07) is 11.4. The van der Waals surface area contributed by atoms with Crippen molar-refractivity contribution >= 4 is 23.2 Å². The van der Waals surface area contributed by atoms with Gasteiger partial charge in [-0.15, -0.1) is 0 Å². The molecule has 0 saturated carbocycles. The molecule has 0 atom stereocenters. The molecule has 0 unspecified atom stereocenters. The number of rotatable bonds is 4. The minimum Gasteiger partial charge on any atom is -0.439 e. The summed E-state index contributed by atoms with van der Waals surface area (Å²) in [7, 11) is 0. The van der Waals surface area contributed by atoms with E-state index in [1.54, 1.807) is 24.3 Å². The Labute approximate surface area is 157 Å². The van der Waals surface area contributed by atoms with Crippen LogP contribution in [0.1, 0.15) is 5.56 Å². The van der Waals surface area contributed by atoms with Crippen LogP contribution in [0.5, 0.6) is 11.6 Å². The van der Waals surface area contributed by atoms with E-state index in [1.165, 1.54) is 24.5 Å². The van der Waals surface area contributed by atoms with E-state index < -0.39 is 17.8 Å². The van der Waals surface area contributed by atoms with Crippen molar-refractivity contribution in [2.24, 2.45) is 0 Å². The molecule has 28 heavy (non-hydrogen) atoms. The number of amides is 2. The Balaban J connectivity index is 1.60. The number of carbonyl (C=O) groups is 1. The molecule has 7 nitrogen and oxygen atoms in total. The molecule has 0 radical (unpaired) electrons. The maximum atomic E-state index is 12.7. The van der Waals surface area contributed by atoms with E-state index in [-0.39, 0.29) is 17.4 Å². The van der Waals surface area contributed by atoms with Gasteiger partial charge in [-0.3, -0.25) is 0 Å². The van der Waals surface area contributed by atoms with Gasteiger partial charge in [0.25, 0.3) is 0 Å². The maximum absolute atomic E-state index is 12.7. The first-order chi connectivity index (χ1) is 13.3. The lowest BCUT2D eigenvalue weighted by molar-refractivity contribution is -0.137. The highest BCUT2D eigenvalue weighted by atomic mass is 19.4. The fourth-order valence-corrected chi connectivity index (χ4v) is 2.20. The van der Waals surface area contributed by atoms with E-state index in [9.17, 15) is 18.0 Å². The van der Waals surface area contributed by atoms with Crippen molar-refractivity contribution in [1.82, 2.24) is 9.97 Å². The molecule has 0 saturated heterocycles. The summed E-state index contributed by atoms with van der Waals surface area (Å²) >= 11 is 0. The Morgan fingerprint density at radius 2 is 1.68 bits per heavy atom. The highest BCUT2D eigenvalue weighted by Gasteiger charge is 2.30. The number of nitrogens with one attached hydrogen (secondary N) is 2. The van der Waals surface area contributed by atoms with E-state index in [2.05, 4.69) is 20.6 Å². The van der Waals surface area contributed by atoms with Crippen molar-refractivity contribution in [1.29, 1.82) is 0 Å². The number of alkyl halides is 3. The molecule has 3 aromatic rings. The summed E-state index contributed by atoms with van der Waals surface area (Å²) in [6.07, 6.45) is -3.23. The molecule has 144 valence electrons. The Hall–Kier alpha value is -3.82. The lowest BCUT2D eigenvalue weighted by Gasteiger charge is -2.11. The second-order valence-corrected chi connectivity index (χ2v) is 5.57. The fraction of sp³-hybridized carbons (Fsp3) is 0.0556. The Morgan fingerprint density at radius 3 is 2.36 bits per heavy atom. The summed E-state index contributed by atoms with van der Waals surface area (Å²) in [4.78, 5) is 19.6. The van der Waals surface area contributed by atoms with Gasteiger partial charge in [0.05, 0.1) is 5.56 Å². The zero-order valence-electron chi connectivity index (χ0n) is 14.2. The third-order valence-corrected chi connectivity index (χ3v) is 3.45. The molecule has 0 spiro atoms. The Bertz CT molecular complexity index is 977. The van der Waals surface area contributed by atoms with Crippen molar-refractivity contribution in [3.05, 3.63) is 66.5 Å². The number of nitrogen functional groups attached to an aromatic ring is 1. The molecular formula is C18H14F3N5O2. The molecule has 2 aromatic carbocycles. The van der Waals surface area contributed by atoms with Crippen LogP contribution in [0.2, 0.25) is 0 Å². The van der Waals surface area contributed by atoms with Crippen LogP contribution >= 0.6 is 0 Å². The van der Waals surface area contributed by atoms with Gasteiger partial charge in [-0.2, -0.15) is 13.2 Å². The highest BCUT2D eigenvalue weighted by Crippen LogP contribution is 2.30. The predicted octanol–water partition coefficient (Wildman–Crippen LogP) is 4.51. The van der Waals surface area contributed by atoms with E-state index >= 15 is 0 Å². The number of ether oxygens (including phenoxy) is 1. The normalized spacial score (nSPS) is 11.0. The fourth-order valence-electron chi connectivity index (χ4n) is 2.20. The van der Waals surface area contributed by atoms with E-state index in [0.29, 0.717) is 11.4 Å². The standard InChI is InChI=1S/C18H14F3N5O2/c19-18(20,21)11-2-1-3-13(8-11)26-17(27)25-12-4-6-14(7-5-12)28-16-9-15(22)23-10-24-16/h1-10H,(H2,22,23,24)(H2,25,26,27). The number of halogens is 3. The first kappa shape index (κ1) is 19.0. The van der Waals surface area contributed by atoms with Gasteiger partial charge in [-0.25, -0.2) is 14.8 Å². The second kappa shape index (κ2) is 7.82. The molecule has 0 aliphatic carbocycles. The van der Waals surface area contributed by atoms with E-state index in [1.807, 2.05) is 0 Å². The lowest BCUT2D eigenvalue weighted by atomic mass is 10.2. The number of urea groups is 1. The number of hydrogen-bond acceptors (Lipinski definition) is 5. The summed E-state index contributed by atoms with van der Waals surface area (Å²) in [6.45, 7) is 0. The molecular weight excluding hydrogens is 375 g/mol. The van der Waals surface area contributed by atoms with Gasteiger partial charge in [0.15, 0.2) is 0 Å². The van der Waals surface area contributed by atoms with Gasteiger partial charge < -0.3 is 21.1 Å². The van der Waals surface area contributed by atoms with Gasteiger partial charge >= 0.3 is 12.2 Å². The smallest absolute Gasteiger partial charge is 0.416 e.